The van der Waals surface area contributed by atoms with Gasteiger partial charge in [0.05, 0.1) is 0 Å². The molecule has 0 aromatic rings. The van der Waals surface area contributed by atoms with Crippen molar-refractivity contribution in [1.29, 1.82) is 0 Å². The molecule has 3 nitrogen and oxygen atoms in total. The zero-order valence-electron chi connectivity index (χ0n) is 6.12. The number of Topliss-reactive ketones (excluding diaryl/α,β-unsaturated/α-hetero) is 1. The standard InChI is InChI=1S/C7H10BrNO2/c8-7(5-10)9-3-1-6(11)2-4-9/h5,7H,1-4H2. The number of aldehydes is 1. The largest absolute Gasteiger partial charge is 0.301 e. The van der Waals surface area contributed by atoms with Gasteiger partial charge in [0.2, 0.25) is 0 Å². The van der Waals surface area contributed by atoms with E-state index in [9.17, 15) is 9.59 Å². The van der Waals surface area contributed by atoms with Crippen LogP contribution in [-0.2, 0) is 9.59 Å². The van der Waals surface area contributed by atoms with Crippen LogP contribution in [0.3, 0.4) is 0 Å². The Morgan fingerprint density at radius 3 is 2.45 bits per heavy atom. The summed E-state index contributed by atoms with van der Waals surface area (Å²) in [6.07, 6.45) is 2.00. The van der Waals surface area contributed by atoms with E-state index in [0.717, 1.165) is 6.29 Å². The Hall–Kier alpha value is -0.220. The average molecular weight is 220 g/mol. The quantitative estimate of drug-likeness (QED) is 0.388. The van der Waals surface area contributed by atoms with Crippen LogP contribution in [0.15, 0.2) is 0 Å². The molecule has 0 bridgehead atoms. The highest BCUT2D eigenvalue weighted by Crippen LogP contribution is 2.11. The Balaban J connectivity index is 2.38. The van der Waals surface area contributed by atoms with E-state index in [2.05, 4.69) is 15.9 Å². The van der Waals surface area contributed by atoms with Crippen LogP contribution < -0.4 is 0 Å². The van der Waals surface area contributed by atoms with Crippen molar-refractivity contribution in [3.63, 3.8) is 0 Å². The highest BCUT2D eigenvalue weighted by atomic mass is 79.9. The van der Waals surface area contributed by atoms with Crippen LogP contribution in [0.4, 0.5) is 0 Å². The number of hydrogen-bond donors (Lipinski definition) is 0. The van der Waals surface area contributed by atoms with Gasteiger partial charge in [-0.3, -0.25) is 9.69 Å². The number of piperidine rings is 1. The number of ketones is 1. The van der Waals surface area contributed by atoms with Crippen molar-refractivity contribution in [2.24, 2.45) is 0 Å². The van der Waals surface area contributed by atoms with Crippen molar-refractivity contribution in [3.8, 4) is 0 Å². The zero-order valence-corrected chi connectivity index (χ0v) is 7.71. The Morgan fingerprint density at radius 2 is 2.00 bits per heavy atom. The summed E-state index contributed by atoms with van der Waals surface area (Å²) in [7, 11) is 0. The Morgan fingerprint density at radius 1 is 1.45 bits per heavy atom. The van der Waals surface area contributed by atoms with Crippen LogP contribution in [-0.4, -0.2) is 35.0 Å². The minimum absolute atomic E-state index is 0.212. The Labute approximate surface area is 73.9 Å². The van der Waals surface area contributed by atoms with Crippen LogP contribution in [0.1, 0.15) is 12.8 Å². The number of alkyl halides is 1. The fraction of sp³-hybridized carbons (Fsp3) is 0.714. The van der Waals surface area contributed by atoms with Gasteiger partial charge < -0.3 is 4.79 Å². The molecule has 1 aliphatic heterocycles. The molecule has 1 rings (SSSR count). The van der Waals surface area contributed by atoms with Crippen LogP contribution in [0.5, 0.6) is 0 Å². The summed E-state index contributed by atoms with van der Waals surface area (Å²) in [6.45, 7) is 1.40. The lowest BCUT2D eigenvalue weighted by Gasteiger charge is -2.27. The zero-order chi connectivity index (χ0) is 8.27. The molecule has 1 fully saturated rings. The Bertz CT molecular complexity index is 162. The molecule has 0 amide bonds. The van der Waals surface area contributed by atoms with Crippen LogP contribution >= 0.6 is 15.9 Å². The summed E-state index contributed by atoms with van der Waals surface area (Å²) in [5.74, 6) is 0.298. The molecule has 1 atom stereocenters. The number of carbonyl (C=O) groups is 2. The van der Waals surface area contributed by atoms with Crippen molar-refractivity contribution < 1.29 is 9.59 Å². The van der Waals surface area contributed by atoms with Crippen LogP contribution in [0, 0.1) is 0 Å². The van der Waals surface area contributed by atoms with Crippen LogP contribution in [0.2, 0.25) is 0 Å². The van der Waals surface area contributed by atoms with E-state index in [1.54, 1.807) is 0 Å². The van der Waals surface area contributed by atoms with Crippen molar-refractivity contribution in [3.05, 3.63) is 0 Å². The number of rotatable bonds is 2. The molecule has 0 aliphatic carbocycles. The van der Waals surface area contributed by atoms with Gasteiger partial charge in [-0.2, -0.15) is 0 Å². The van der Waals surface area contributed by atoms with Gasteiger partial charge in [-0.05, 0) is 0 Å². The molecular formula is C7H10BrNO2. The van der Waals surface area contributed by atoms with Gasteiger partial charge in [-0.25, -0.2) is 0 Å². The number of likely N-dealkylation sites (tertiary alicyclic amines) is 1. The molecule has 0 saturated carbocycles. The van der Waals surface area contributed by atoms with Crippen molar-refractivity contribution in [2.75, 3.05) is 13.1 Å². The number of halogens is 1. The lowest BCUT2D eigenvalue weighted by Crippen LogP contribution is -2.39. The molecule has 1 unspecified atom stereocenters. The van der Waals surface area contributed by atoms with Crippen molar-refractivity contribution in [1.82, 2.24) is 4.90 Å². The maximum atomic E-state index is 10.8. The summed E-state index contributed by atoms with van der Waals surface area (Å²) in [6, 6.07) is 0. The van der Waals surface area contributed by atoms with Gasteiger partial charge >= 0.3 is 0 Å². The maximum Gasteiger partial charge on any atom is 0.148 e. The minimum atomic E-state index is -0.212. The van der Waals surface area contributed by atoms with E-state index in [0.29, 0.717) is 31.7 Å². The van der Waals surface area contributed by atoms with E-state index in [-0.39, 0.29) is 4.95 Å². The van der Waals surface area contributed by atoms with E-state index in [1.807, 2.05) is 4.90 Å². The highest BCUT2D eigenvalue weighted by Gasteiger charge is 2.20. The number of carbonyl (C=O) groups excluding carboxylic acids is 2. The monoisotopic (exact) mass is 219 g/mol. The van der Waals surface area contributed by atoms with E-state index in [1.165, 1.54) is 0 Å². The second-order valence-corrected chi connectivity index (χ2v) is 3.52. The maximum absolute atomic E-state index is 10.8. The summed E-state index contributed by atoms with van der Waals surface area (Å²) in [4.78, 5) is 22.8. The van der Waals surface area contributed by atoms with Crippen molar-refractivity contribution >= 4 is 28.0 Å². The highest BCUT2D eigenvalue weighted by molar-refractivity contribution is 9.09. The predicted octanol–water partition coefficient (Wildman–Crippen LogP) is 0.571. The van der Waals surface area contributed by atoms with E-state index in [4.69, 9.17) is 0 Å². The second kappa shape index (κ2) is 3.97. The first-order valence-electron chi connectivity index (χ1n) is 3.59. The summed E-state index contributed by atoms with van der Waals surface area (Å²) in [5, 5.41) is 0. The lowest BCUT2D eigenvalue weighted by atomic mass is 10.1. The molecule has 0 N–H and O–H groups in total. The summed E-state index contributed by atoms with van der Waals surface area (Å²) in [5.41, 5.74) is 0. The molecule has 0 aromatic heterocycles. The fourth-order valence-corrected chi connectivity index (χ4v) is 1.52. The Kier molecular flexibility index (Phi) is 3.20. The molecule has 1 aliphatic rings. The molecule has 0 aromatic carbocycles. The topological polar surface area (TPSA) is 37.4 Å². The average Bonchev–Trinajstić information content (AvgIpc) is 2.05. The van der Waals surface area contributed by atoms with E-state index < -0.39 is 0 Å². The minimum Gasteiger partial charge on any atom is -0.301 e. The smallest absolute Gasteiger partial charge is 0.148 e. The molecule has 4 heteroatoms. The lowest BCUT2D eigenvalue weighted by molar-refractivity contribution is -0.122. The van der Waals surface area contributed by atoms with Gasteiger partial charge in [0, 0.05) is 25.9 Å². The first kappa shape index (κ1) is 8.87. The predicted molar refractivity (Wildman–Crippen MR) is 44.6 cm³/mol. The van der Waals surface area contributed by atoms with Crippen LogP contribution in [0.25, 0.3) is 0 Å². The first-order valence-corrected chi connectivity index (χ1v) is 4.50. The molecule has 1 heterocycles. The molecule has 0 spiro atoms. The van der Waals surface area contributed by atoms with Gasteiger partial charge in [0.25, 0.3) is 0 Å². The molecule has 1 saturated heterocycles. The third-order valence-electron chi connectivity index (χ3n) is 1.82. The van der Waals surface area contributed by atoms with Gasteiger partial charge in [-0.1, -0.05) is 15.9 Å². The third kappa shape index (κ3) is 2.38. The van der Waals surface area contributed by atoms with Gasteiger partial charge in [-0.15, -0.1) is 0 Å². The molecule has 0 radical (unpaired) electrons. The van der Waals surface area contributed by atoms with Gasteiger partial charge in [0.1, 0.15) is 17.0 Å². The van der Waals surface area contributed by atoms with Crippen molar-refractivity contribution in [2.45, 2.75) is 17.8 Å². The number of nitrogens with zero attached hydrogens (tertiary/aromatic N) is 1. The molecule has 62 valence electrons. The fourth-order valence-electron chi connectivity index (χ4n) is 1.11. The van der Waals surface area contributed by atoms with E-state index >= 15 is 0 Å². The third-order valence-corrected chi connectivity index (χ3v) is 2.61. The summed E-state index contributed by atoms with van der Waals surface area (Å²) >= 11 is 3.20. The molecule has 11 heavy (non-hydrogen) atoms. The SMILES string of the molecule is O=CC(Br)N1CCC(=O)CC1. The molecular weight excluding hydrogens is 210 g/mol. The normalized spacial score (nSPS) is 23.2. The van der Waals surface area contributed by atoms with Gasteiger partial charge in [0.15, 0.2) is 0 Å². The number of hydrogen-bond acceptors (Lipinski definition) is 3. The summed E-state index contributed by atoms with van der Waals surface area (Å²) < 4.78 is 0. The first-order chi connectivity index (χ1) is 5.24. The second-order valence-electron chi connectivity index (χ2n) is 2.58.